The minimum atomic E-state index is 0.646. The van der Waals surface area contributed by atoms with E-state index in [0.717, 1.165) is 28.6 Å². The van der Waals surface area contributed by atoms with Gasteiger partial charge in [-0.1, -0.05) is 11.6 Å². The van der Waals surface area contributed by atoms with Crippen LogP contribution in [0.2, 0.25) is 4.34 Å². The van der Waals surface area contributed by atoms with Gasteiger partial charge < -0.3 is 10.1 Å². The lowest BCUT2D eigenvalue weighted by Gasteiger charge is -2.09. The third-order valence-corrected chi connectivity index (χ3v) is 4.19. The number of benzene rings is 1. The Bertz CT molecular complexity index is 619. The third kappa shape index (κ3) is 3.97. The highest BCUT2D eigenvalue weighted by Gasteiger charge is 2.04. The van der Waals surface area contributed by atoms with Gasteiger partial charge in [-0.2, -0.15) is 5.26 Å². The van der Waals surface area contributed by atoms with Crippen molar-refractivity contribution in [2.24, 2.45) is 0 Å². The number of methoxy groups -OCH3 is 1. The van der Waals surface area contributed by atoms with Crippen molar-refractivity contribution in [1.82, 2.24) is 5.32 Å². The molecule has 0 unspecified atom stereocenters. The molecule has 0 amide bonds. The first-order valence-corrected chi connectivity index (χ1v) is 7.44. The van der Waals surface area contributed by atoms with E-state index in [0.29, 0.717) is 12.1 Å². The molecular formula is C15H15ClN2OS. The summed E-state index contributed by atoms with van der Waals surface area (Å²) in [5.74, 6) is 0.802. The highest BCUT2D eigenvalue weighted by Crippen LogP contribution is 2.22. The molecule has 0 radical (unpaired) electrons. The summed E-state index contributed by atoms with van der Waals surface area (Å²) in [5.41, 5.74) is 1.64. The van der Waals surface area contributed by atoms with E-state index in [1.807, 2.05) is 24.3 Å². The van der Waals surface area contributed by atoms with Crippen LogP contribution >= 0.6 is 22.9 Å². The molecule has 1 heterocycles. The summed E-state index contributed by atoms with van der Waals surface area (Å²) in [6.07, 6.45) is 0.942. The minimum Gasteiger partial charge on any atom is -0.496 e. The van der Waals surface area contributed by atoms with E-state index in [1.54, 1.807) is 24.5 Å². The molecule has 0 spiro atoms. The Morgan fingerprint density at radius 1 is 1.35 bits per heavy atom. The van der Waals surface area contributed by atoms with Crippen molar-refractivity contribution >= 4 is 22.9 Å². The second kappa shape index (κ2) is 7.30. The van der Waals surface area contributed by atoms with Crippen LogP contribution in [0.25, 0.3) is 0 Å². The quantitative estimate of drug-likeness (QED) is 0.829. The van der Waals surface area contributed by atoms with E-state index >= 15 is 0 Å². The van der Waals surface area contributed by atoms with E-state index in [1.165, 1.54) is 4.88 Å². The van der Waals surface area contributed by atoms with E-state index in [2.05, 4.69) is 11.4 Å². The first-order valence-electron chi connectivity index (χ1n) is 6.25. The van der Waals surface area contributed by atoms with Gasteiger partial charge in [0.15, 0.2) is 0 Å². The van der Waals surface area contributed by atoms with Gasteiger partial charge in [-0.15, -0.1) is 11.3 Å². The van der Waals surface area contributed by atoms with E-state index < -0.39 is 0 Å². The standard InChI is InChI=1S/C15H15ClN2OS/c1-19-14-4-2-11(9-17)8-12(14)10-18-7-6-13-3-5-15(16)20-13/h2-5,8,18H,6-7,10H2,1H3. The van der Waals surface area contributed by atoms with Crippen molar-refractivity contribution in [3.05, 3.63) is 50.7 Å². The lowest BCUT2D eigenvalue weighted by atomic mass is 10.1. The Morgan fingerprint density at radius 3 is 2.85 bits per heavy atom. The van der Waals surface area contributed by atoms with Crippen molar-refractivity contribution in [3.63, 3.8) is 0 Å². The van der Waals surface area contributed by atoms with Gasteiger partial charge >= 0.3 is 0 Å². The fourth-order valence-corrected chi connectivity index (χ4v) is 2.99. The summed E-state index contributed by atoms with van der Waals surface area (Å²) in [5, 5.41) is 12.3. The van der Waals surface area contributed by atoms with Gasteiger partial charge in [-0.05, 0) is 36.8 Å². The number of hydrogen-bond donors (Lipinski definition) is 1. The number of nitrogens with zero attached hydrogens (tertiary/aromatic N) is 1. The summed E-state index contributed by atoms with van der Waals surface area (Å²) in [7, 11) is 1.64. The molecule has 0 bridgehead atoms. The molecule has 0 saturated carbocycles. The van der Waals surface area contributed by atoms with Gasteiger partial charge in [-0.25, -0.2) is 0 Å². The molecular weight excluding hydrogens is 292 g/mol. The number of nitriles is 1. The Labute approximate surface area is 127 Å². The molecule has 0 aliphatic rings. The molecule has 0 atom stereocenters. The molecule has 20 heavy (non-hydrogen) atoms. The predicted octanol–water partition coefficient (Wildman–Crippen LogP) is 3.61. The number of hydrogen-bond acceptors (Lipinski definition) is 4. The Morgan fingerprint density at radius 2 is 2.20 bits per heavy atom. The van der Waals surface area contributed by atoms with Gasteiger partial charge in [0.2, 0.25) is 0 Å². The Hall–Kier alpha value is -1.54. The molecule has 5 heteroatoms. The van der Waals surface area contributed by atoms with Crippen molar-refractivity contribution in [2.75, 3.05) is 13.7 Å². The van der Waals surface area contributed by atoms with Crippen LogP contribution in [-0.4, -0.2) is 13.7 Å². The molecule has 0 aliphatic heterocycles. The van der Waals surface area contributed by atoms with E-state index in [4.69, 9.17) is 21.6 Å². The summed E-state index contributed by atoms with van der Waals surface area (Å²) in [4.78, 5) is 1.26. The molecule has 1 aromatic heterocycles. The van der Waals surface area contributed by atoms with Gasteiger partial charge in [0, 0.05) is 23.5 Å². The molecule has 0 fully saturated rings. The Balaban J connectivity index is 1.88. The fourth-order valence-electron chi connectivity index (χ4n) is 1.91. The molecule has 104 valence electrons. The molecule has 2 rings (SSSR count). The number of thiophene rings is 1. The maximum atomic E-state index is 8.93. The highest BCUT2D eigenvalue weighted by molar-refractivity contribution is 7.16. The van der Waals surface area contributed by atoms with E-state index in [-0.39, 0.29) is 0 Å². The van der Waals surface area contributed by atoms with Crippen LogP contribution in [0, 0.1) is 11.3 Å². The van der Waals surface area contributed by atoms with E-state index in [9.17, 15) is 0 Å². The Kier molecular flexibility index (Phi) is 5.42. The molecule has 1 aromatic carbocycles. The van der Waals surface area contributed by atoms with Crippen LogP contribution in [0.3, 0.4) is 0 Å². The first kappa shape index (κ1) is 14.9. The fraction of sp³-hybridized carbons (Fsp3) is 0.267. The van der Waals surface area contributed by atoms with Crippen molar-refractivity contribution in [2.45, 2.75) is 13.0 Å². The van der Waals surface area contributed by atoms with Gasteiger partial charge in [0.05, 0.1) is 23.1 Å². The van der Waals surface area contributed by atoms with Gasteiger partial charge in [0.25, 0.3) is 0 Å². The summed E-state index contributed by atoms with van der Waals surface area (Å²) in [6, 6.07) is 11.5. The minimum absolute atomic E-state index is 0.646. The lowest BCUT2D eigenvalue weighted by molar-refractivity contribution is 0.408. The monoisotopic (exact) mass is 306 g/mol. The van der Waals surface area contributed by atoms with Crippen molar-refractivity contribution in [1.29, 1.82) is 5.26 Å². The zero-order valence-electron chi connectivity index (χ0n) is 11.1. The maximum Gasteiger partial charge on any atom is 0.123 e. The third-order valence-electron chi connectivity index (χ3n) is 2.90. The normalized spacial score (nSPS) is 10.2. The first-order chi connectivity index (χ1) is 9.72. The summed E-state index contributed by atoms with van der Waals surface area (Å²) < 4.78 is 6.12. The number of nitrogens with one attached hydrogen (secondary N) is 1. The zero-order chi connectivity index (χ0) is 14.4. The lowest BCUT2D eigenvalue weighted by Crippen LogP contribution is -2.16. The number of ether oxygens (including phenoxy) is 1. The largest absolute Gasteiger partial charge is 0.496 e. The van der Waals surface area contributed by atoms with Gasteiger partial charge in [0.1, 0.15) is 5.75 Å². The number of rotatable bonds is 6. The van der Waals surface area contributed by atoms with Gasteiger partial charge in [-0.3, -0.25) is 0 Å². The number of halogens is 1. The zero-order valence-corrected chi connectivity index (χ0v) is 12.7. The average Bonchev–Trinajstić information content (AvgIpc) is 2.89. The maximum absolute atomic E-state index is 8.93. The van der Waals surface area contributed by atoms with Crippen LogP contribution in [0.4, 0.5) is 0 Å². The van der Waals surface area contributed by atoms with Crippen LogP contribution in [0.5, 0.6) is 5.75 Å². The van der Waals surface area contributed by atoms with Crippen molar-refractivity contribution in [3.8, 4) is 11.8 Å². The molecule has 0 saturated heterocycles. The van der Waals surface area contributed by atoms with Crippen LogP contribution in [0.1, 0.15) is 16.0 Å². The van der Waals surface area contributed by atoms with Crippen molar-refractivity contribution < 1.29 is 4.74 Å². The summed E-state index contributed by atoms with van der Waals surface area (Å²) >= 11 is 7.50. The summed E-state index contributed by atoms with van der Waals surface area (Å²) in [6.45, 7) is 1.54. The van der Waals surface area contributed by atoms with Crippen LogP contribution in [0.15, 0.2) is 30.3 Å². The highest BCUT2D eigenvalue weighted by atomic mass is 35.5. The van der Waals surface area contributed by atoms with Crippen LogP contribution in [-0.2, 0) is 13.0 Å². The topological polar surface area (TPSA) is 45.0 Å². The average molecular weight is 307 g/mol. The molecule has 2 aromatic rings. The second-order valence-corrected chi connectivity index (χ2v) is 6.07. The second-order valence-electron chi connectivity index (χ2n) is 4.27. The SMILES string of the molecule is COc1ccc(C#N)cc1CNCCc1ccc(Cl)s1. The molecule has 1 N–H and O–H groups in total. The molecule has 3 nitrogen and oxygen atoms in total. The smallest absolute Gasteiger partial charge is 0.123 e. The molecule has 0 aliphatic carbocycles. The predicted molar refractivity (Wildman–Crippen MR) is 82.4 cm³/mol. The van der Waals surface area contributed by atoms with Crippen LogP contribution < -0.4 is 10.1 Å².